The van der Waals surface area contributed by atoms with Crippen molar-refractivity contribution in [3.05, 3.63) is 54.1 Å². The first-order valence-electron chi connectivity index (χ1n) is 6.63. The number of thioether (sulfide) groups is 1. The monoisotopic (exact) mass is 341 g/mol. The van der Waals surface area contributed by atoms with Gasteiger partial charge >= 0.3 is 6.18 Å². The Kier molecular flexibility index (Phi) is 5.54. The average molecular weight is 341 g/mol. The fraction of sp³-hybridized carbons (Fsp3) is 0.188. The van der Waals surface area contributed by atoms with Gasteiger partial charge in [0.25, 0.3) is 5.91 Å². The van der Waals surface area contributed by atoms with Crippen LogP contribution in [0.2, 0.25) is 0 Å². The minimum atomic E-state index is -4.39. The minimum absolute atomic E-state index is 0.200. The second-order valence-electron chi connectivity index (χ2n) is 4.56. The highest BCUT2D eigenvalue weighted by atomic mass is 32.2. The maximum atomic E-state index is 12.4. The molecule has 0 aliphatic carbocycles. The molecule has 0 saturated carbocycles. The molecule has 0 aliphatic heterocycles. The van der Waals surface area contributed by atoms with Crippen LogP contribution in [-0.4, -0.2) is 18.8 Å². The van der Waals surface area contributed by atoms with Gasteiger partial charge in [0.2, 0.25) is 0 Å². The topological polar surface area (TPSA) is 38.3 Å². The summed E-state index contributed by atoms with van der Waals surface area (Å²) >= 11 is 1.49. The Bertz CT molecular complexity index is 672. The molecule has 23 heavy (non-hydrogen) atoms. The SMILES string of the molecule is CSc1ccccc1NC(=O)COc1ccc(C(F)(F)F)cc1. The van der Waals surface area contributed by atoms with Crippen LogP contribution in [0.15, 0.2) is 53.4 Å². The number of benzene rings is 2. The maximum absolute atomic E-state index is 12.4. The molecule has 2 aromatic rings. The van der Waals surface area contributed by atoms with Crippen LogP contribution in [0.3, 0.4) is 0 Å². The van der Waals surface area contributed by atoms with E-state index >= 15 is 0 Å². The van der Waals surface area contributed by atoms with E-state index < -0.39 is 11.7 Å². The molecule has 0 aliphatic rings. The molecule has 7 heteroatoms. The quantitative estimate of drug-likeness (QED) is 0.817. The van der Waals surface area contributed by atoms with Gasteiger partial charge in [0, 0.05) is 4.90 Å². The second kappa shape index (κ2) is 7.41. The van der Waals surface area contributed by atoms with Crippen molar-refractivity contribution in [2.75, 3.05) is 18.2 Å². The van der Waals surface area contributed by atoms with Crippen molar-refractivity contribution in [3.8, 4) is 5.75 Å². The Balaban J connectivity index is 1.92. The van der Waals surface area contributed by atoms with Crippen molar-refractivity contribution in [1.82, 2.24) is 0 Å². The van der Waals surface area contributed by atoms with E-state index in [9.17, 15) is 18.0 Å². The molecule has 2 rings (SSSR count). The number of nitrogens with one attached hydrogen (secondary N) is 1. The molecule has 0 saturated heterocycles. The molecule has 0 radical (unpaired) electrons. The molecule has 122 valence electrons. The van der Waals surface area contributed by atoms with Crippen LogP contribution in [-0.2, 0) is 11.0 Å². The van der Waals surface area contributed by atoms with Gasteiger partial charge < -0.3 is 10.1 Å². The highest BCUT2D eigenvalue weighted by Crippen LogP contribution is 2.30. The number of carbonyl (C=O) groups excluding carboxylic acids is 1. The summed E-state index contributed by atoms with van der Waals surface area (Å²) in [7, 11) is 0. The van der Waals surface area contributed by atoms with E-state index in [2.05, 4.69) is 5.32 Å². The average Bonchev–Trinajstić information content (AvgIpc) is 2.53. The number of hydrogen-bond acceptors (Lipinski definition) is 3. The minimum Gasteiger partial charge on any atom is -0.484 e. The molecular formula is C16H14F3NO2S. The fourth-order valence-electron chi connectivity index (χ4n) is 1.82. The van der Waals surface area contributed by atoms with Gasteiger partial charge in [-0.25, -0.2) is 0 Å². The molecule has 1 amide bonds. The van der Waals surface area contributed by atoms with Gasteiger partial charge in [-0.15, -0.1) is 11.8 Å². The van der Waals surface area contributed by atoms with Crippen molar-refractivity contribution < 1.29 is 22.7 Å². The van der Waals surface area contributed by atoms with Gasteiger partial charge in [0.05, 0.1) is 11.3 Å². The normalized spacial score (nSPS) is 11.1. The first-order valence-corrected chi connectivity index (χ1v) is 7.85. The van der Waals surface area contributed by atoms with Crippen LogP contribution in [0.4, 0.5) is 18.9 Å². The number of halogens is 3. The molecule has 0 atom stereocenters. The number of para-hydroxylation sites is 1. The summed E-state index contributed by atoms with van der Waals surface area (Å²) in [6.45, 7) is -0.284. The summed E-state index contributed by atoms with van der Waals surface area (Å²) in [5.74, 6) is -0.183. The van der Waals surface area contributed by atoms with Crippen molar-refractivity contribution >= 4 is 23.4 Å². The molecule has 0 unspecified atom stereocenters. The Morgan fingerprint density at radius 1 is 1.13 bits per heavy atom. The first-order chi connectivity index (χ1) is 10.9. The van der Waals surface area contributed by atoms with Crippen molar-refractivity contribution in [1.29, 1.82) is 0 Å². The number of ether oxygens (including phenoxy) is 1. The first kappa shape index (κ1) is 17.2. The van der Waals surface area contributed by atoms with Crippen LogP contribution >= 0.6 is 11.8 Å². The third kappa shape index (κ3) is 4.92. The number of alkyl halides is 3. The lowest BCUT2D eigenvalue weighted by molar-refractivity contribution is -0.137. The molecule has 0 bridgehead atoms. The molecule has 0 aromatic heterocycles. The van der Waals surface area contributed by atoms with Gasteiger partial charge in [-0.2, -0.15) is 13.2 Å². The second-order valence-corrected chi connectivity index (χ2v) is 5.41. The van der Waals surface area contributed by atoms with Gasteiger partial charge in [-0.1, -0.05) is 12.1 Å². The predicted octanol–water partition coefficient (Wildman–Crippen LogP) is 4.44. The van der Waals surface area contributed by atoms with Gasteiger partial charge in [-0.3, -0.25) is 4.79 Å². The van der Waals surface area contributed by atoms with Gasteiger partial charge in [-0.05, 0) is 42.7 Å². The van der Waals surface area contributed by atoms with Crippen molar-refractivity contribution in [3.63, 3.8) is 0 Å². The van der Waals surface area contributed by atoms with E-state index in [0.29, 0.717) is 5.69 Å². The summed E-state index contributed by atoms with van der Waals surface area (Å²) in [6.07, 6.45) is -2.50. The molecular weight excluding hydrogens is 327 g/mol. The standard InChI is InChI=1S/C16H14F3NO2S/c1-23-14-5-3-2-4-13(14)20-15(21)10-22-12-8-6-11(7-9-12)16(17,18)19/h2-9H,10H2,1H3,(H,20,21). The highest BCUT2D eigenvalue weighted by Gasteiger charge is 2.30. The third-order valence-corrected chi connectivity index (χ3v) is 3.73. The summed E-state index contributed by atoms with van der Waals surface area (Å²) in [4.78, 5) is 12.8. The number of carbonyl (C=O) groups is 1. The highest BCUT2D eigenvalue weighted by molar-refractivity contribution is 7.98. The smallest absolute Gasteiger partial charge is 0.416 e. The zero-order valence-corrected chi connectivity index (χ0v) is 13.0. The summed E-state index contributed by atoms with van der Waals surface area (Å²) in [6, 6.07) is 11.5. The Morgan fingerprint density at radius 2 is 1.78 bits per heavy atom. The van der Waals surface area contributed by atoms with E-state index in [1.165, 1.54) is 23.9 Å². The molecule has 3 nitrogen and oxygen atoms in total. The van der Waals surface area contributed by atoms with Crippen molar-refractivity contribution in [2.45, 2.75) is 11.1 Å². The number of amides is 1. The number of anilines is 1. The van der Waals surface area contributed by atoms with Crippen LogP contribution < -0.4 is 10.1 Å². The van der Waals surface area contributed by atoms with Crippen LogP contribution in [0.25, 0.3) is 0 Å². The lowest BCUT2D eigenvalue weighted by Crippen LogP contribution is -2.20. The lowest BCUT2D eigenvalue weighted by Gasteiger charge is -2.11. The van der Waals surface area contributed by atoms with Gasteiger partial charge in [0.1, 0.15) is 5.75 Å². The van der Waals surface area contributed by atoms with Crippen molar-refractivity contribution in [2.24, 2.45) is 0 Å². The Labute approximate surface area is 135 Å². The van der Waals surface area contributed by atoms with E-state index in [-0.39, 0.29) is 18.3 Å². The van der Waals surface area contributed by atoms with Crippen LogP contribution in [0.5, 0.6) is 5.75 Å². The third-order valence-electron chi connectivity index (χ3n) is 2.93. The molecule has 0 heterocycles. The molecule has 0 fully saturated rings. The molecule has 2 aromatic carbocycles. The van der Waals surface area contributed by atoms with E-state index in [1.807, 2.05) is 18.4 Å². The molecule has 0 spiro atoms. The summed E-state index contributed by atoms with van der Waals surface area (Å²) < 4.78 is 42.5. The Hall–Kier alpha value is -2.15. The van der Waals surface area contributed by atoms with Crippen LogP contribution in [0.1, 0.15) is 5.56 Å². The van der Waals surface area contributed by atoms with E-state index in [1.54, 1.807) is 12.1 Å². The number of rotatable bonds is 5. The number of hydrogen-bond donors (Lipinski definition) is 1. The van der Waals surface area contributed by atoms with E-state index in [0.717, 1.165) is 17.0 Å². The lowest BCUT2D eigenvalue weighted by atomic mass is 10.2. The fourth-order valence-corrected chi connectivity index (χ4v) is 2.38. The predicted molar refractivity (Wildman–Crippen MR) is 83.8 cm³/mol. The summed E-state index contributed by atoms with van der Waals surface area (Å²) in [5.41, 5.74) is -0.0933. The van der Waals surface area contributed by atoms with E-state index in [4.69, 9.17) is 4.74 Å². The van der Waals surface area contributed by atoms with Crippen LogP contribution in [0, 0.1) is 0 Å². The zero-order chi connectivity index (χ0) is 16.9. The zero-order valence-electron chi connectivity index (χ0n) is 12.2. The maximum Gasteiger partial charge on any atom is 0.416 e. The largest absolute Gasteiger partial charge is 0.484 e. The molecule has 1 N–H and O–H groups in total. The summed E-state index contributed by atoms with van der Waals surface area (Å²) in [5, 5.41) is 2.70. The Morgan fingerprint density at radius 3 is 2.39 bits per heavy atom. The van der Waals surface area contributed by atoms with Gasteiger partial charge in [0.15, 0.2) is 6.61 Å².